The standard InChI is InChI=1S/C23H25BClN3O4/c1-6-23(24,14-10-7-11(2)32-14)27-18-17(19(29)20(18)30)26-13-9-8-12(25)16-15(13)21(31)28(5)22(16,3)4/h7-10,26-27H,6,24H2,1-5H3/t23-/m1/s1. The summed E-state index contributed by atoms with van der Waals surface area (Å²) in [5.41, 5.74) is -0.695. The summed E-state index contributed by atoms with van der Waals surface area (Å²) in [7, 11) is 3.62. The number of halogens is 1. The molecule has 7 nitrogen and oxygen atoms in total. The van der Waals surface area contributed by atoms with Crippen molar-refractivity contribution in [1.29, 1.82) is 0 Å². The van der Waals surface area contributed by atoms with Crippen LogP contribution in [0.5, 0.6) is 0 Å². The molecule has 2 aromatic carbocycles. The van der Waals surface area contributed by atoms with Crippen LogP contribution in [0.2, 0.25) is 5.02 Å². The van der Waals surface area contributed by atoms with Gasteiger partial charge >= 0.3 is 0 Å². The number of rotatable bonds is 6. The Morgan fingerprint density at radius 2 is 1.78 bits per heavy atom. The van der Waals surface area contributed by atoms with Crippen molar-refractivity contribution in [3.05, 3.63) is 72.4 Å². The van der Waals surface area contributed by atoms with Gasteiger partial charge in [0.2, 0.25) is 0 Å². The summed E-state index contributed by atoms with van der Waals surface area (Å²) < 4.78 is 5.78. The minimum atomic E-state index is -0.688. The van der Waals surface area contributed by atoms with E-state index in [-0.39, 0.29) is 17.3 Å². The van der Waals surface area contributed by atoms with E-state index in [9.17, 15) is 14.4 Å². The van der Waals surface area contributed by atoms with E-state index in [4.69, 9.17) is 16.0 Å². The molecular weight excluding hydrogens is 429 g/mol. The molecule has 0 fully saturated rings. The lowest BCUT2D eigenvalue weighted by Crippen LogP contribution is -2.44. The minimum Gasteiger partial charge on any atom is -0.465 e. The molecule has 0 radical (unpaired) electrons. The maximum atomic E-state index is 13.0. The molecule has 0 spiro atoms. The molecule has 3 aromatic rings. The number of aryl methyl sites for hydroxylation is 1. The fraction of sp³-hybridized carbons (Fsp3) is 0.348. The van der Waals surface area contributed by atoms with E-state index in [1.807, 2.05) is 47.7 Å². The number of amides is 1. The van der Waals surface area contributed by atoms with Crippen LogP contribution in [-0.2, 0) is 11.0 Å². The number of nitrogens with zero attached hydrogens (tertiary/aromatic N) is 1. The van der Waals surface area contributed by atoms with Crippen LogP contribution in [-0.4, -0.2) is 25.7 Å². The van der Waals surface area contributed by atoms with Crippen LogP contribution in [0, 0.1) is 6.92 Å². The Morgan fingerprint density at radius 3 is 2.38 bits per heavy atom. The molecule has 1 amide bonds. The zero-order valence-electron chi connectivity index (χ0n) is 19.0. The topological polar surface area (TPSA) is 91.6 Å². The Bertz CT molecular complexity index is 1320. The molecule has 2 heterocycles. The number of fused-ring (bicyclic) bond motifs is 1. The van der Waals surface area contributed by atoms with Crippen molar-refractivity contribution < 1.29 is 9.21 Å². The van der Waals surface area contributed by atoms with Crippen LogP contribution in [0.4, 0.5) is 17.1 Å². The number of carbonyl (C=O) groups is 1. The van der Waals surface area contributed by atoms with Gasteiger partial charge in [-0.05, 0) is 51.5 Å². The SMILES string of the molecule is B[C@](CC)(Nc1c(Nc2ccc(Cl)c3c2C(=O)N(C)C3(C)C)c(=O)c1=O)c1ccc(C)o1. The summed E-state index contributed by atoms with van der Waals surface area (Å²) in [6.45, 7) is 7.63. The van der Waals surface area contributed by atoms with Gasteiger partial charge in [0.15, 0.2) is 0 Å². The molecule has 4 rings (SSSR count). The van der Waals surface area contributed by atoms with Gasteiger partial charge in [-0.15, -0.1) is 0 Å². The van der Waals surface area contributed by atoms with Gasteiger partial charge in [-0.2, -0.15) is 0 Å². The summed E-state index contributed by atoms with van der Waals surface area (Å²) in [6.07, 6.45) is 0.617. The highest BCUT2D eigenvalue weighted by Gasteiger charge is 2.44. The smallest absolute Gasteiger partial charge is 0.256 e. The van der Waals surface area contributed by atoms with Crippen molar-refractivity contribution in [2.75, 3.05) is 17.7 Å². The van der Waals surface area contributed by atoms with Crippen molar-refractivity contribution in [3.8, 4) is 0 Å². The summed E-state index contributed by atoms with van der Waals surface area (Å²) in [6, 6.07) is 7.06. The van der Waals surface area contributed by atoms with E-state index < -0.39 is 21.8 Å². The molecule has 0 saturated heterocycles. The third-order valence-corrected chi connectivity index (χ3v) is 7.00. The Morgan fingerprint density at radius 1 is 1.12 bits per heavy atom. The minimum absolute atomic E-state index is 0.127. The van der Waals surface area contributed by atoms with Crippen LogP contribution >= 0.6 is 11.6 Å². The van der Waals surface area contributed by atoms with Gasteiger partial charge in [0.1, 0.15) is 30.7 Å². The maximum absolute atomic E-state index is 13.0. The van der Waals surface area contributed by atoms with Gasteiger partial charge in [0.25, 0.3) is 16.8 Å². The van der Waals surface area contributed by atoms with Crippen molar-refractivity contribution >= 4 is 42.4 Å². The van der Waals surface area contributed by atoms with E-state index in [0.29, 0.717) is 34.0 Å². The third-order valence-electron chi connectivity index (χ3n) is 6.69. The molecule has 9 heteroatoms. The van der Waals surface area contributed by atoms with E-state index >= 15 is 0 Å². The molecule has 1 aliphatic heterocycles. The molecular formula is C23H25BClN3O4. The largest absolute Gasteiger partial charge is 0.465 e. The lowest BCUT2D eigenvalue weighted by atomic mass is 9.73. The summed E-state index contributed by atoms with van der Waals surface area (Å²) >= 11 is 6.43. The predicted octanol–water partition coefficient (Wildman–Crippen LogP) is 3.21. The zero-order valence-corrected chi connectivity index (χ0v) is 19.7. The lowest BCUT2D eigenvalue weighted by Gasteiger charge is -2.30. The van der Waals surface area contributed by atoms with E-state index in [1.54, 1.807) is 24.1 Å². The molecule has 0 bridgehead atoms. The molecule has 0 unspecified atom stereocenters. The normalized spacial score (nSPS) is 16.8. The molecule has 0 aliphatic carbocycles. The van der Waals surface area contributed by atoms with Crippen molar-refractivity contribution in [2.24, 2.45) is 0 Å². The summed E-state index contributed by atoms with van der Waals surface area (Å²) in [4.78, 5) is 39.5. The Kier molecular flexibility index (Phi) is 5.04. The Balaban J connectivity index is 1.75. The lowest BCUT2D eigenvalue weighted by molar-refractivity contribution is 0.0692. The zero-order chi connectivity index (χ0) is 23.6. The van der Waals surface area contributed by atoms with Crippen LogP contribution < -0.4 is 21.5 Å². The fourth-order valence-corrected chi connectivity index (χ4v) is 4.58. The Labute approximate surface area is 191 Å². The first-order chi connectivity index (χ1) is 14.9. The van der Waals surface area contributed by atoms with Gasteiger partial charge in [-0.3, -0.25) is 14.4 Å². The summed E-state index contributed by atoms with van der Waals surface area (Å²) in [5.74, 6) is 1.22. The number of carbonyl (C=O) groups excluding carboxylic acids is 1. The summed E-state index contributed by atoms with van der Waals surface area (Å²) in [5, 5.41) is 6.72. The van der Waals surface area contributed by atoms with Crippen LogP contribution in [0.3, 0.4) is 0 Å². The second kappa shape index (κ2) is 7.27. The first kappa shape index (κ1) is 22.2. The molecule has 1 aromatic heterocycles. The average Bonchev–Trinajstić information content (AvgIpc) is 3.28. The average molecular weight is 454 g/mol. The van der Waals surface area contributed by atoms with Gasteiger partial charge in [-0.1, -0.05) is 18.5 Å². The first-order valence-electron chi connectivity index (χ1n) is 10.5. The highest BCUT2D eigenvalue weighted by molar-refractivity contribution is 6.32. The second-order valence-corrected chi connectivity index (χ2v) is 9.43. The van der Waals surface area contributed by atoms with Crippen LogP contribution in [0.15, 0.2) is 38.3 Å². The van der Waals surface area contributed by atoms with Gasteiger partial charge < -0.3 is 20.0 Å². The number of benzene rings is 1. The quantitative estimate of drug-likeness (QED) is 0.440. The van der Waals surface area contributed by atoms with Crippen molar-refractivity contribution in [2.45, 2.75) is 45.1 Å². The number of hydrogen-bond donors (Lipinski definition) is 2. The van der Waals surface area contributed by atoms with E-state index in [1.165, 1.54) is 0 Å². The van der Waals surface area contributed by atoms with Gasteiger partial charge in [0, 0.05) is 17.6 Å². The Hall–Kier alpha value is -3.00. The molecule has 2 N–H and O–H groups in total. The van der Waals surface area contributed by atoms with Crippen molar-refractivity contribution in [1.82, 2.24) is 4.90 Å². The molecule has 1 atom stereocenters. The highest BCUT2D eigenvalue weighted by atomic mass is 35.5. The third kappa shape index (κ3) is 3.08. The number of anilines is 3. The van der Waals surface area contributed by atoms with Crippen LogP contribution in [0.25, 0.3) is 0 Å². The number of furan rings is 1. The molecule has 0 saturated carbocycles. The number of nitrogens with one attached hydrogen (secondary N) is 2. The maximum Gasteiger partial charge on any atom is 0.256 e. The second-order valence-electron chi connectivity index (χ2n) is 9.02. The number of hydrogen-bond acceptors (Lipinski definition) is 6. The molecule has 32 heavy (non-hydrogen) atoms. The van der Waals surface area contributed by atoms with Gasteiger partial charge in [0.05, 0.1) is 22.2 Å². The highest BCUT2D eigenvalue weighted by Crippen LogP contribution is 2.45. The monoisotopic (exact) mass is 453 g/mol. The first-order valence-corrected chi connectivity index (χ1v) is 10.9. The van der Waals surface area contributed by atoms with Gasteiger partial charge in [-0.25, -0.2) is 0 Å². The molecule has 1 aliphatic rings. The fourth-order valence-electron chi connectivity index (χ4n) is 4.19. The predicted molar refractivity (Wildman–Crippen MR) is 129 cm³/mol. The van der Waals surface area contributed by atoms with Crippen molar-refractivity contribution in [3.63, 3.8) is 0 Å². The van der Waals surface area contributed by atoms with E-state index in [0.717, 1.165) is 5.76 Å². The van der Waals surface area contributed by atoms with E-state index in [2.05, 4.69) is 10.6 Å². The van der Waals surface area contributed by atoms with Crippen LogP contribution in [0.1, 0.15) is 54.6 Å². The molecule has 166 valence electrons.